The van der Waals surface area contributed by atoms with E-state index >= 15 is 0 Å². The van der Waals surface area contributed by atoms with Crippen molar-refractivity contribution in [3.8, 4) is 0 Å². The second kappa shape index (κ2) is 9.09. The summed E-state index contributed by atoms with van der Waals surface area (Å²) < 4.78 is 17.5. The van der Waals surface area contributed by atoms with E-state index in [1.807, 2.05) is 30.3 Å². The van der Waals surface area contributed by atoms with Crippen molar-refractivity contribution in [3.63, 3.8) is 0 Å². The smallest absolute Gasteiger partial charge is 0.413 e. The van der Waals surface area contributed by atoms with Crippen LogP contribution in [0.4, 0.5) is 4.79 Å². The number of hydrogen-bond donors (Lipinski definition) is 0. The molecule has 1 aliphatic rings. The highest BCUT2D eigenvalue weighted by molar-refractivity contribution is 6.74. The highest BCUT2D eigenvalue weighted by Gasteiger charge is 2.45. The van der Waals surface area contributed by atoms with Gasteiger partial charge in [0.1, 0.15) is 12.7 Å². The van der Waals surface area contributed by atoms with Gasteiger partial charge in [-0.2, -0.15) is 0 Å². The Bertz CT molecular complexity index is 671. The van der Waals surface area contributed by atoms with E-state index in [0.717, 1.165) is 18.4 Å². The molecule has 6 nitrogen and oxygen atoms in total. The minimum atomic E-state index is -2.09. The number of carbonyl (C=O) groups excluding carboxylic acids is 2. The summed E-state index contributed by atoms with van der Waals surface area (Å²) in [6, 6.07) is 9.51. The number of hydrogen-bond acceptors (Lipinski definition) is 5. The number of esters is 1. The Balaban J connectivity index is 2.13. The van der Waals surface area contributed by atoms with Gasteiger partial charge in [0.05, 0.1) is 0 Å². The van der Waals surface area contributed by atoms with Gasteiger partial charge in [0.2, 0.25) is 6.23 Å². The fourth-order valence-electron chi connectivity index (χ4n) is 2.91. The Morgan fingerprint density at radius 1 is 1.18 bits per heavy atom. The summed E-state index contributed by atoms with van der Waals surface area (Å²) in [4.78, 5) is 26.0. The van der Waals surface area contributed by atoms with Crippen LogP contribution >= 0.6 is 0 Å². The summed E-state index contributed by atoms with van der Waals surface area (Å²) in [5.74, 6) is -0.434. The molecule has 0 spiro atoms. The largest absolute Gasteiger partial charge is 0.444 e. The molecule has 2 rings (SSSR count). The van der Waals surface area contributed by atoms with Gasteiger partial charge in [-0.3, -0.25) is 9.69 Å². The fourth-order valence-corrected chi connectivity index (χ4v) is 4.26. The molecule has 0 radical (unpaired) electrons. The van der Waals surface area contributed by atoms with E-state index in [1.54, 1.807) is 0 Å². The topological polar surface area (TPSA) is 65.1 Å². The number of benzene rings is 1. The molecule has 0 aromatic heterocycles. The van der Waals surface area contributed by atoms with E-state index in [2.05, 4.69) is 33.9 Å². The molecular weight excluding hydrogens is 374 g/mol. The maximum Gasteiger partial charge on any atom is 0.413 e. The first-order chi connectivity index (χ1) is 13.0. The molecule has 156 valence electrons. The van der Waals surface area contributed by atoms with E-state index in [1.165, 1.54) is 11.8 Å². The summed E-state index contributed by atoms with van der Waals surface area (Å²) in [6.07, 6.45) is -0.0742. The second-order valence-electron chi connectivity index (χ2n) is 8.79. The highest BCUT2D eigenvalue weighted by Crippen LogP contribution is 2.39. The summed E-state index contributed by atoms with van der Waals surface area (Å²) >= 11 is 0. The zero-order valence-electron chi connectivity index (χ0n) is 17.9. The Labute approximate surface area is 169 Å². The predicted molar refractivity (Wildman–Crippen MR) is 110 cm³/mol. The normalized spacial score (nSPS) is 20.6. The monoisotopic (exact) mass is 407 g/mol. The molecular formula is C21H33NO5Si. The van der Waals surface area contributed by atoms with Crippen molar-refractivity contribution in [2.24, 2.45) is 0 Å². The van der Waals surface area contributed by atoms with Gasteiger partial charge in [-0.25, -0.2) is 4.79 Å². The van der Waals surface area contributed by atoms with Crippen molar-refractivity contribution in [1.82, 2.24) is 4.90 Å². The van der Waals surface area contributed by atoms with Gasteiger partial charge < -0.3 is 13.9 Å². The number of likely N-dealkylation sites (tertiary alicyclic amines) is 1. The highest BCUT2D eigenvalue weighted by atomic mass is 28.4. The lowest BCUT2D eigenvalue weighted by molar-refractivity contribution is -0.170. The van der Waals surface area contributed by atoms with Crippen LogP contribution in [0, 0.1) is 0 Å². The van der Waals surface area contributed by atoms with Crippen molar-refractivity contribution in [2.45, 2.75) is 77.6 Å². The molecule has 7 heteroatoms. The van der Waals surface area contributed by atoms with E-state index in [9.17, 15) is 9.59 Å². The van der Waals surface area contributed by atoms with E-state index in [4.69, 9.17) is 13.9 Å². The van der Waals surface area contributed by atoms with Gasteiger partial charge >= 0.3 is 12.1 Å². The summed E-state index contributed by atoms with van der Waals surface area (Å²) in [6.45, 7) is 12.8. The van der Waals surface area contributed by atoms with Crippen molar-refractivity contribution in [2.75, 3.05) is 6.54 Å². The van der Waals surface area contributed by atoms with Crippen molar-refractivity contribution in [3.05, 3.63) is 35.9 Å². The lowest BCUT2D eigenvalue weighted by Crippen LogP contribution is -2.57. The maximum atomic E-state index is 12.7. The Morgan fingerprint density at radius 2 is 1.82 bits per heavy atom. The van der Waals surface area contributed by atoms with Crippen LogP contribution in [0.2, 0.25) is 18.1 Å². The van der Waals surface area contributed by atoms with E-state index < -0.39 is 26.6 Å². The van der Waals surface area contributed by atoms with Crippen molar-refractivity contribution >= 4 is 20.4 Å². The quantitative estimate of drug-likeness (QED) is 0.523. The molecule has 0 N–H and O–H groups in total. The lowest BCUT2D eigenvalue weighted by atomic mass is 10.1. The molecule has 1 aromatic carbocycles. The Kier molecular flexibility index (Phi) is 7.28. The second-order valence-corrected chi connectivity index (χ2v) is 13.5. The van der Waals surface area contributed by atoms with Crippen molar-refractivity contribution in [1.29, 1.82) is 0 Å². The van der Waals surface area contributed by atoms with Crippen LogP contribution in [0.25, 0.3) is 0 Å². The molecule has 1 aromatic rings. The molecule has 2 atom stereocenters. The Hall–Kier alpha value is -1.86. The molecule has 1 heterocycles. The zero-order chi connectivity index (χ0) is 20.9. The number of ether oxygens (including phenoxy) is 2. The molecule has 28 heavy (non-hydrogen) atoms. The third-order valence-corrected chi connectivity index (χ3v) is 10.00. The van der Waals surface area contributed by atoms with Gasteiger partial charge in [0.25, 0.3) is 0 Å². The third kappa shape index (κ3) is 5.82. The number of rotatable bonds is 5. The molecule has 1 aliphatic heterocycles. The summed E-state index contributed by atoms with van der Waals surface area (Å²) in [7, 11) is -2.09. The average molecular weight is 408 g/mol. The number of piperidine rings is 1. The molecule has 1 unspecified atom stereocenters. The van der Waals surface area contributed by atoms with Gasteiger partial charge in [-0.1, -0.05) is 51.1 Å². The van der Waals surface area contributed by atoms with Crippen LogP contribution in [0.1, 0.15) is 46.1 Å². The first-order valence-corrected chi connectivity index (χ1v) is 12.7. The average Bonchev–Trinajstić information content (AvgIpc) is 2.60. The zero-order valence-corrected chi connectivity index (χ0v) is 18.9. The van der Waals surface area contributed by atoms with Gasteiger partial charge in [0.15, 0.2) is 8.32 Å². The van der Waals surface area contributed by atoms with Crippen LogP contribution < -0.4 is 0 Å². The fraction of sp³-hybridized carbons (Fsp3) is 0.619. The van der Waals surface area contributed by atoms with Crippen LogP contribution in [-0.2, 0) is 25.3 Å². The minimum Gasteiger partial charge on any atom is -0.444 e. The molecule has 0 aliphatic carbocycles. The predicted octanol–water partition coefficient (Wildman–Crippen LogP) is 4.70. The standard InChI is InChI=1S/C21H33NO5Si/c1-16(23)26-19-18(27-28(5,6)21(2,3)4)13-10-14-22(19)20(24)25-15-17-11-8-7-9-12-17/h7-9,11-12,18-19H,10,13-15H2,1-6H3/t18-,19?/m0/s1. The maximum absolute atomic E-state index is 12.7. The Morgan fingerprint density at radius 3 is 2.39 bits per heavy atom. The first kappa shape index (κ1) is 22.4. The van der Waals surface area contributed by atoms with E-state index in [0.29, 0.717) is 6.54 Å². The van der Waals surface area contributed by atoms with Gasteiger partial charge in [0, 0.05) is 13.5 Å². The minimum absolute atomic E-state index is 0.0177. The molecule has 1 saturated heterocycles. The number of amides is 1. The SMILES string of the molecule is CC(=O)OC1[C@@H](O[Si](C)(C)C(C)(C)C)CCCN1C(=O)OCc1ccccc1. The summed E-state index contributed by atoms with van der Waals surface area (Å²) in [5, 5.41) is 0.0177. The van der Waals surface area contributed by atoms with Gasteiger partial charge in [-0.05, 0) is 36.5 Å². The third-order valence-electron chi connectivity index (χ3n) is 5.49. The van der Waals surface area contributed by atoms with Crippen LogP contribution in [0.3, 0.4) is 0 Å². The van der Waals surface area contributed by atoms with E-state index in [-0.39, 0.29) is 17.7 Å². The van der Waals surface area contributed by atoms with Crippen LogP contribution in [-0.4, -0.2) is 44.2 Å². The number of nitrogens with zero attached hydrogens (tertiary/aromatic N) is 1. The van der Waals surface area contributed by atoms with Crippen LogP contribution in [0.15, 0.2) is 30.3 Å². The molecule has 0 saturated carbocycles. The molecule has 0 bridgehead atoms. The van der Waals surface area contributed by atoms with Crippen LogP contribution in [0.5, 0.6) is 0 Å². The lowest BCUT2D eigenvalue weighted by Gasteiger charge is -2.45. The number of carbonyl (C=O) groups is 2. The summed E-state index contributed by atoms with van der Waals surface area (Å²) in [5.41, 5.74) is 0.908. The first-order valence-electron chi connectivity index (χ1n) is 9.83. The molecule has 1 fully saturated rings. The van der Waals surface area contributed by atoms with Gasteiger partial charge in [-0.15, -0.1) is 0 Å². The molecule has 1 amide bonds. The van der Waals surface area contributed by atoms with Crippen molar-refractivity contribution < 1.29 is 23.5 Å².